The van der Waals surface area contributed by atoms with Crippen molar-refractivity contribution in [2.45, 2.75) is 18.2 Å². The lowest BCUT2D eigenvalue weighted by molar-refractivity contribution is 0.0734. The van der Waals surface area contributed by atoms with Crippen molar-refractivity contribution in [3.63, 3.8) is 0 Å². The third-order valence-electron chi connectivity index (χ3n) is 4.24. The van der Waals surface area contributed by atoms with Crippen LogP contribution in [0.25, 0.3) is 11.0 Å². The first-order chi connectivity index (χ1) is 13.2. The second-order valence-corrected chi connectivity index (χ2v) is 8.46. The van der Waals surface area contributed by atoms with Gasteiger partial charge in [-0.15, -0.1) is 0 Å². The van der Waals surface area contributed by atoms with Crippen LogP contribution in [-0.2, 0) is 16.4 Å². The van der Waals surface area contributed by atoms with E-state index in [4.69, 9.17) is 9.15 Å². The van der Waals surface area contributed by atoms with Gasteiger partial charge >= 0.3 is 11.6 Å². The molecule has 8 heteroatoms. The molecule has 0 aliphatic carbocycles. The third-order valence-corrected chi connectivity index (χ3v) is 6.05. The zero-order valence-corrected chi connectivity index (χ0v) is 16.4. The molecular formula is C20H19NO6S. The first-order valence-electron chi connectivity index (χ1n) is 8.54. The molecule has 0 aliphatic rings. The summed E-state index contributed by atoms with van der Waals surface area (Å²) in [6.07, 6.45) is 0.661. The number of esters is 1. The molecule has 0 amide bonds. The SMILES string of the molecule is CCc1cc(=O)oc2cc(OC(=O)c3cccc(S(=O)(=O)N(C)C)c3)ccc12. The van der Waals surface area contributed by atoms with Gasteiger partial charge in [-0.2, -0.15) is 0 Å². The van der Waals surface area contributed by atoms with Crippen LogP contribution >= 0.6 is 0 Å². The van der Waals surface area contributed by atoms with Crippen molar-refractivity contribution in [3.8, 4) is 5.75 Å². The number of sulfonamides is 1. The highest BCUT2D eigenvalue weighted by molar-refractivity contribution is 7.89. The molecule has 3 aromatic rings. The van der Waals surface area contributed by atoms with Gasteiger partial charge in [0.25, 0.3) is 0 Å². The average molecular weight is 401 g/mol. The zero-order valence-electron chi connectivity index (χ0n) is 15.6. The van der Waals surface area contributed by atoms with Crippen LogP contribution in [0.3, 0.4) is 0 Å². The highest BCUT2D eigenvalue weighted by atomic mass is 32.2. The van der Waals surface area contributed by atoms with Crippen LogP contribution in [0.4, 0.5) is 0 Å². The van der Waals surface area contributed by atoms with E-state index in [2.05, 4.69) is 0 Å². The number of fused-ring (bicyclic) bond motifs is 1. The maximum absolute atomic E-state index is 12.5. The van der Waals surface area contributed by atoms with E-state index in [1.54, 1.807) is 12.1 Å². The molecule has 7 nitrogen and oxygen atoms in total. The van der Waals surface area contributed by atoms with Crippen LogP contribution in [0, 0.1) is 0 Å². The molecule has 0 radical (unpaired) electrons. The molecule has 0 fully saturated rings. The Morgan fingerprint density at radius 1 is 1.11 bits per heavy atom. The van der Waals surface area contributed by atoms with E-state index in [1.165, 1.54) is 50.5 Å². The lowest BCUT2D eigenvalue weighted by Gasteiger charge is -2.12. The molecule has 28 heavy (non-hydrogen) atoms. The minimum atomic E-state index is -3.67. The second-order valence-electron chi connectivity index (χ2n) is 6.31. The minimum Gasteiger partial charge on any atom is -0.423 e. The van der Waals surface area contributed by atoms with Gasteiger partial charge < -0.3 is 9.15 Å². The molecule has 0 atom stereocenters. The number of hydrogen-bond acceptors (Lipinski definition) is 6. The summed E-state index contributed by atoms with van der Waals surface area (Å²) in [5.41, 5.74) is 0.769. The summed E-state index contributed by atoms with van der Waals surface area (Å²) in [6, 6.07) is 11.8. The normalized spacial score (nSPS) is 11.7. The van der Waals surface area contributed by atoms with E-state index in [-0.39, 0.29) is 16.2 Å². The Morgan fingerprint density at radius 2 is 1.86 bits per heavy atom. The standard InChI is InChI=1S/C20H19NO6S/c1-4-13-11-19(22)27-18-12-15(8-9-17(13)18)26-20(23)14-6-5-7-16(10-14)28(24,25)21(2)3/h5-12H,4H2,1-3H3. The van der Waals surface area contributed by atoms with Crippen LogP contribution < -0.4 is 10.4 Å². The molecular weight excluding hydrogens is 382 g/mol. The van der Waals surface area contributed by atoms with Gasteiger partial charge in [0.2, 0.25) is 10.0 Å². The summed E-state index contributed by atoms with van der Waals surface area (Å²) >= 11 is 0. The maximum Gasteiger partial charge on any atom is 0.343 e. The van der Waals surface area contributed by atoms with Gasteiger partial charge in [0.05, 0.1) is 10.5 Å². The monoisotopic (exact) mass is 401 g/mol. The first kappa shape index (κ1) is 19.8. The van der Waals surface area contributed by atoms with Gasteiger partial charge in [0.1, 0.15) is 11.3 Å². The van der Waals surface area contributed by atoms with Crippen molar-refractivity contribution in [2.24, 2.45) is 0 Å². The van der Waals surface area contributed by atoms with Crippen molar-refractivity contribution in [1.29, 1.82) is 0 Å². The number of ether oxygens (including phenoxy) is 1. The summed E-state index contributed by atoms with van der Waals surface area (Å²) < 4.78 is 36.1. The van der Waals surface area contributed by atoms with Crippen LogP contribution in [0.2, 0.25) is 0 Å². The Bertz CT molecular complexity index is 1210. The van der Waals surface area contributed by atoms with Crippen molar-refractivity contribution in [1.82, 2.24) is 4.31 Å². The molecule has 0 unspecified atom stereocenters. The lowest BCUT2D eigenvalue weighted by atomic mass is 10.1. The number of rotatable bonds is 5. The van der Waals surface area contributed by atoms with Gasteiger partial charge in [-0.25, -0.2) is 22.3 Å². The zero-order chi connectivity index (χ0) is 20.5. The van der Waals surface area contributed by atoms with E-state index >= 15 is 0 Å². The summed E-state index contributed by atoms with van der Waals surface area (Å²) in [6.45, 7) is 1.93. The van der Waals surface area contributed by atoms with Gasteiger partial charge in [0, 0.05) is 31.6 Å². The fourth-order valence-electron chi connectivity index (χ4n) is 2.73. The summed E-state index contributed by atoms with van der Waals surface area (Å²) in [7, 11) is -0.850. The number of nitrogens with zero attached hydrogens (tertiary/aromatic N) is 1. The summed E-state index contributed by atoms with van der Waals surface area (Å²) in [4.78, 5) is 24.1. The molecule has 2 aromatic carbocycles. The van der Waals surface area contributed by atoms with Crippen molar-refractivity contribution >= 4 is 27.0 Å². The molecule has 1 heterocycles. The fourth-order valence-corrected chi connectivity index (χ4v) is 3.67. The molecule has 0 N–H and O–H groups in total. The van der Waals surface area contributed by atoms with Crippen LogP contribution in [0.5, 0.6) is 5.75 Å². The predicted molar refractivity (Wildman–Crippen MR) is 104 cm³/mol. The van der Waals surface area contributed by atoms with E-state index in [0.29, 0.717) is 12.0 Å². The van der Waals surface area contributed by atoms with E-state index in [9.17, 15) is 18.0 Å². The fraction of sp³-hybridized carbons (Fsp3) is 0.200. The van der Waals surface area contributed by atoms with E-state index in [1.807, 2.05) is 6.92 Å². The molecule has 1 aromatic heterocycles. The lowest BCUT2D eigenvalue weighted by Crippen LogP contribution is -2.22. The molecule has 146 valence electrons. The molecule has 0 saturated heterocycles. The predicted octanol–water partition coefficient (Wildman–Crippen LogP) is 2.82. The van der Waals surface area contributed by atoms with Crippen LogP contribution in [0.15, 0.2) is 62.6 Å². The highest BCUT2D eigenvalue weighted by Crippen LogP contribution is 2.24. The minimum absolute atomic E-state index is 0.0101. The molecule has 0 saturated carbocycles. The summed E-state index contributed by atoms with van der Waals surface area (Å²) in [5.74, 6) is -0.529. The molecule has 0 spiro atoms. The topological polar surface area (TPSA) is 93.9 Å². The van der Waals surface area contributed by atoms with E-state index < -0.39 is 21.6 Å². The van der Waals surface area contributed by atoms with Gasteiger partial charge in [-0.05, 0) is 42.3 Å². The van der Waals surface area contributed by atoms with Crippen LogP contribution in [-0.4, -0.2) is 32.8 Å². The Balaban J connectivity index is 1.92. The highest BCUT2D eigenvalue weighted by Gasteiger charge is 2.19. The van der Waals surface area contributed by atoms with Gasteiger partial charge in [0.15, 0.2) is 0 Å². The number of carbonyl (C=O) groups is 1. The van der Waals surface area contributed by atoms with Crippen molar-refractivity contribution in [3.05, 3.63) is 70.1 Å². The smallest absolute Gasteiger partial charge is 0.343 e. The van der Waals surface area contributed by atoms with E-state index in [0.717, 1.165) is 15.3 Å². The second kappa shape index (κ2) is 7.57. The van der Waals surface area contributed by atoms with Gasteiger partial charge in [-0.1, -0.05) is 13.0 Å². The Morgan fingerprint density at radius 3 is 2.54 bits per heavy atom. The van der Waals surface area contributed by atoms with Crippen molar-refractivity contribution < 1.29 is 22.4 Å². The average Bonchev–Trinajstić information content (AvgIpc) is 2.66. The number of aryl methyl sites for hydroxylation is 1. The largest absolute Gasteiger partial charge is 0.423 e. The van der Waals surface area contributed by atoms with Crippen LogP contribution in [0.1, 0.15) is 22.8 Å². The molecule has 3 rings (SSSR count). The number of hydrogen-bond donors (Lipinski definition) is 0. The Kier molecular flexibility index (Phi) is 5.35. The molecule has 0 bridgehead atoms. The Labute approximate surface area is 162 Å². The third kappa shape index (κ3) is 3.83. The number of benzene rings is 2. The quantitative estimate of drug-likeness (QED) is 0.371. The Hall–Kier alpha value is -2.97. The van der Waals surface area contributed by atoms with Gasteiger partial charge in [-0.3, -0.25) is 0 Å². The molecule has 0 aliphatic heterocycles. The number of carbonyl (C=O) groups excluding carboxylic acids is 1. The maximum atomic E-state index is 12.5. The van der Waals surface area contributed by atoms with Crippen molar-refractivity contribution in [2.75, 3.05) is 14.1 Å². The summed E-state index contributed by atoms with van der Waals surface area (Å²) in [5, 5.41) is 0.765. The first-order valence-corrected chi connectivity index (χ1v) is 9.98.